The van der Waals surface area contributed by atoms with E-state index in [1.807, 2.05) is 0 Å². The van der Waals surface area contributed by atoms with Gasteiger partial charge in [0.1, 0.15) is 0 Å². The van der Waals surface area contributed by atoms with Crippen molar-refractivity contribution in [3.05, 3.63) is 0 Å². The van der Waals surface area contributed by atoms with Gasteiger partial charge in [0.15, 0.2) is 0 Å². The van der Waals surface area contributed by atoms with Gasteiger partial charge in [-0.25, -0.2) is 0 Å². The molecule has 78 valence electrons. The molecule has 0 saturated heterocycles. The zero-order valence-electron chi connectivity index (χ0n) is 9.26. The number of hydrogen-bond acceptors (Lipinski definition) is 2. The van der Waals surface area contributed by atoms with E-state index in [9.17, 15) is 0 Å². The van der Waals surface area contributed by atoms with Crippen LogP contribution in [0, 0.1) is 5.41 Å². The Morgan fingerprint density at radius 1 is 1.31 bits per heavy atom. The summed E-state index contributed by atoms with van der Waals surface area (Å²) in [5.41, 5.74) is 5.65. The van der Waals surface area contributed by atoms with E-state index in [4.69, 9.17) is 18.0 Å². The fourth-order valence-electron chi connectivity index (χ4n) is 1.10. The normalized spacial score (nSPS) is 12.1. The molecule has 2 N–H and O–H groups in total. The third-order valence-electron chi connectivity index (χ3n) is 2.61. The van der Waals surface area contributed by atoms with Crippen LogP contribution in [0.15, 0.2) is 0 Å². The van der Waals surface area contributed by atoms with Crippen LogP contribution in [0.3, 0.4) is 0 Å². The molecule has 0 spiro atoms. The summed E-state index contributed by atoms with van der Waals surface area (Å²) in [6.07, 6.45) is 1.05. The van der Waals surface area contributed by atoms with Crippen LogP contribution in [0.25, 0.3) is 0 Å². The molecule has 0 aliphatic carbocycles. The molecule has 0 saturated carbocycles. The molecule has 0 aromatic heterocycles. The number of thiocarbonyl (C=S) groups is 1. The van der Waals surface area contributed by atoms with Gasteiger partial charge in [-0.05, 0) is 26.1 Å². The summed E-state index contributed by atoms with van der Waals surface area (Å²) < 4.78 is 0. The molecule has 0 aliphatic rings. The molecule has 0 aliphatic heterocycles. The van der Waals surface area contributed by atoms with Crippen LogP contribution in [-0.4, -0.2) is 29.5 Å². The standard InChI is InChI=1S/C10H22N2S/c1-5-12(6-2)8-7-10(3,4)9(11)13/h5-8H2,1-4H3,(H2,11,13). The molecule has 0 unspecified atom stereocenters. The van der Waals surface area contributed by atoms with Gasteiger partial charge >= 0.3 is 0 Å². The fraction of sp³-hybridized carbons (Fsp3) is 0.900. The summed E-state index contributed by atoms with van der Waals surface area (Å²) in [5.74, 6) is 0. The van der Waals surface area contributed by atoms with Gasteiger partial charge in [0.05, 0.1) is 4.99 Å². The predicted octanol–water partition coefficient (Wildman–Crippen LogP) is 2.03. The minimum Gasteiger partial charge on any atom is -0.393 e. The minimum atomic E-state index is -0.00206. The average Bonchev–Trinajstić information content (AvgIpc) is 2.06. The molecule has 0 amide bonds. The van der Waals surface area contributed by atoms with Gasteiger partial charge < -0.3 is 10.6 Å². The summed E-state index contributed by atoms with van der Waals surface area (Å²) in [5, 5.41) is 0. The SMILES string of the molecule is CCN(CC)CCC(C)(C)C(N)=S. The van der Waals surface area contributed by atoms with Crippen LogP contribution in [-0.2, 0) is 0 Å². The molecule has 2 nitrogen and oxygen atoms in total. The quantitative estimate of drug-likeness (QED) is 0.668. The maximum Gasteiger partial charge on any atom is 0.0784 e. The first-order valence-corrected chi connectivity index (χ1v) is 5.37. The van der Waals surface area contributed by atoms with Crippen molar-refractivity contribution >= 4 is 17.2 Å². The number of nitrogens with two attached hydrogens (primary N) is 1. The van der Waals surface area contributed by atoms with Crippen LogP contribution < -0.4 is 5.73 Å². The summed E-state index contributed by atoms with van der Waals surface area (Å²) in [7, 11) is 0. The van der Waals surface area contributed by atoms with Gasteiger partial charge in [0.25, 0.3) is 0 Å². The first-order valence-electron chi connectivity index (χ1n) is 4.96. The van der Waals surface area contributed by atoms with Crippen LogP contribution in [0.5, 0.6) is 0 Å². The molecular weight excluding hydrogens is 180 g/mol. The smallest absolute Gasteiger partial charge is 0.0784 e. The Hall–Kier alpha value is -0.150. The maximum absolute atomic E-state index is 5.65. The van der Waals surface area contributed by atoms with Crippen molar-refractivity contribution in [3.8, 4) is 0 Å². The summed E-state index contributed by atoms with van der Waals surface area (Å²) in [6.45, 7) is 11.9. The lowest BCUT2D eigenvalue weighted by Crippen LogP contribution is -2.34. The Morgan fingerprint density at radius 2 is 1.77 bits per heavy atom. The highest BCUT2D eigenvalue weighted by molar-refractivity contribution is 7.80. The van der Waals surface area contributed by atoms with Crippen molar-refractivity contribution in [2.24, 2.45) is 11.1 Å². The van der Waals surface area contributed by atoms with E-state index in [0.717, 1.165) is 26.1 Å². The van der Waals surface area contributed by atoms with E-state index in [0.29, 0.717) is 4.99 Å². The molecule has 0 rings (SSSR count). The summed E-state index contributed by atoms with van der Waals surface area (Å²) >= 11 is 5.02. The third kappa shape index (κ3) is 4.58. The first kappa shape index (κ1) is 12.8. The van der Waals surface area contributed by atoms with Crippen molar-refractivity contribution < 1.29 is 0 Å². The van der Waals surface area contributed by atoms with Crippen LogP contribution in [0.1, 0.15) is 34.1 Å². The van der Waals surface area contributed by atoms with Crippen LogP contribution >= 0.6 is 12.2 Å². The molecule has 0 bridgehead atoms. The molecule has 3 heteroatoms. The monoisotopic (exact) mass is 202 g/mol. The van der Waals surface area contributed by atoms with Gasteiger partial charge in [-0.3, -0.25) is 0 Å². The molecule has 0 aromatic carbocycles. The van der Waals surface area contributed by atoms with E-state index in [1.165, 1.54) is 0 Å². The topological polar surface area (TPSA) is 29.3 Å². The zero-order chi connectivity index (χ0) is 10.5. The molecule has 0 radical (unpaired) electrons. The second-order valence-corrected chi connectivity index (χ2v) is 4.46. The number of rotatable bonds is 6. The largest absolute Gasteiger partial charge is 0.393 e. The van der Waals surface area contributed by atoms with Crippen molar-refractivity contribution in [3.63, 3.8) is 0 Å². The Balaban J connectivity index is 3.92. The Kier molecular flexibility index (Phi) is 5.49. The Morgan fingerprint density at radius 3 is 2.08 bits per heavy atom. The first-order chi connectivity index (χ1) is 5.94. The van der Waals surface area contributed by atoms with Crippen LogP contribution in [0.2, 0.25) is 0 Å². The average molecular weight is 202 g/mol. The van der Waals surface area contributed by atoms with Crippen LogP contribution in [0.4, 0.5) is 0 Å². The number of hydrogen-bond donors (Lipinski definition) is 1. The number of nitrogens with zero attached hydrogens (tertiary/aromatic N) is 1. The van der Waals surface area contributed by atoms with Gasteiger partial charge in [-0.1, -0.05) is 39.9 Å². The van der Waals surface area contributed by atoms with E-state index in [2.05, 4.69) is 32.6 Å². The third-order valence-corrected chi connectivity index (χ3v) is 3.17. The lowest BCUT2D eigenvalue weighted by molar-refractivity contribution is 0.269. The molecule has 0 fully saturated rings. The summed E-state index contributed by atoms with van der Waals surface area (Å²) in [6, 6.07) is 0. The zero-order valence-corrected chi connectivity index (χ0v) is 10.1. The van der Waals surface area contributed by atoms with Crippen molar-refractivity contribution in [1.82, 2.24) is 4.90 Å². The van der Waals surface area contributed by atoms with Crippen molar-refractivity contribution in [2.75, 3.05) is 19.6 Å². The predicted molar refractivity (Wildman–Crippen MR) is 63.0 cm³/mol. The maximum atomic E-state index is 5.65. The van der Waals surface area contributed by atoms with E-state index in [-0.39, 0.29) is 5.41 Å². The Bertz CT molecular complexity index is 162. The van der Waals surface area contributed by atoms with Gasteiger partial charge in [0.2, 0.25) is 0 Å². The van der Waals surface area contributed by atoms with E-state index >= 15 is 0 Å². The highest BCUT2D eigenvalue weighted by atomic mass is 32.1. The fourth-order valence-corrected chi connectivity index (χ4v) is 1.20. The molecule has 0 heterocycles. The van der Waals surface area contributed by atoms with Gasteiger partial charge in [0, 0.05) is 5.41 Å². The second-order valence-electron chi connectivity index (χ2n) is 4.03. The van der Waals surface area contributed by atoms with E-state index < -0.39 is 0 Å². The lowest BCUT2D eigenvalue weighted by atomic mass is 9.89. The molecule has 0 atom stereocenters. The molecular formula is C10H22N2S. The highest BCUT2D eigenvalue weighted by Gasteiger charge is 2.21. The minimum absolute atomic E-state index is 0.00206. The Labute approximate surface area is 87.5 Å². The van der Waals surface area contributed by atoms with Gasteiger partial charge in [-0.15, -0.1) is 0 Å². The van der Waals surface area contributed by atoms with Gasteiger partial charge in [-0.2, -0.15) is 0 Å². The van der Waals surface area contributed by atoms with Crippen molar-refractivity contribution in [2.45, 2.75) is 34.1 Å². The second kappa shape index (κ2) is 5.55. The molecule has 0 aromatic rings. The van der Waals surface area contributed by atoms with E-state index in [1.54, 1.807) is 0 Å². The van der Waals surface area contributed by atoms with Crippen molar-refractivity contribution in [1.29, 1.82) is 0 Å². The molecule has 13 heavy (non-hydrogen) atoms. The summed E-state index contributed by atoms with van der Waals surface area (Å²) in [4.78, 5) is 3.01. The lowest BCUT2D eigenvalue weighted by Gasteiger charge is -2.27. The highest BCUT2D eigenvalue weighted by Crippen LogP contribution is 2.20.